The Labute approximate surface area is 150 Å². The van der Waals surface area contributed by atoms with E-state index in [1.54, 1.807) is 6.92 Å². The Morgan fingerprint density at radius 2 is 1.96 bits per heavy atom. The third-order valence-electron chi connectivity index (χ3n) is 5.47. The van der Waals surface area contributed by atoms with Gasteiger partial charge in [-0.2, -0.15) is 0 Å². The Hall–Kier alpha value is -2.96. The van der Waals surface area contributed by atoms with Gasteiger partial charge in [0.1, 0.15) is 5.82 Å². The highest BCUT2D eigenvalue weighted by molar-refractivity contribution is 5.93. The quantitative estimate of drug-likeness (QED) is 0.710. The predicted molar refractivity (Wildman–Crippen MR) is 93.4 cm³/mol. The molecule has 7 nitrogen and oxygen atoms in total. The molecular weight excluding hydrogens is 330 g/mol. The molecule has 2 aromatic heterocycles. The van der Waals surface area contributed by atoms with E-state index in [-0.39, 0.29) is 18.0 Å². The summed E-state index contributed by atoms with van der Waals surface area (Å²) >= 11 is 0. The van der Waals surface area contributed by atoms with Crippen LogP contribution in [0.5, 0.6) is 0 Å². The monoisotopic (exact) mass is 349 g/mol. The second kappa shape index (κ2) is 5.79. The summed E-state index contributed by atoms with van der Waals surface area (Å²) in [6.07, 6.45) is 4.02. The smallest absolute Gasteiger partial charge is 0.292 e. The molecule has 1 aromatic carbocycles. The van der Waals surface area contributed by atoms with Crippen LogP contribution in [0.1, 0.15) is 34.9 Å². The minimum absolute atomic E-state index is 0.0625. The molecule has 3 aromatic rings. The molecule has 2 aliphatic rings. The van der Waals surface area contributed by atoms with Crippen LogP contribution in [0.15, 0.2) is 41.1 Å². The van der Waals surface area contributed by atoms with Crippen LogP contribution in [0.4, 0.5) is 0 Å². The fraction of sp³-hybridized carbons (Fsp3) is 0.368. The first kappa shape index (κ1) is 15.3. The minimum Gasteiger partial charge on any atom is -0.438 e. The van der Waals surface area contributed by atoms with Crippen molar-refractivity contribution in [3.8, 4) is 11.4 Å². The van der Waals surface area contributed by atoms with Crippen molar-refractivity contribution in [1.29, 1.82) is 0 Å². The van der Waals surface area contributed by atoms with Gasteiger partial charge in [-0.1, -0.05) is 30.3 Å². The van der Waals surface area contributed by atoms with Gasteiger partial charge in [-0.3, -0.25) is 4.79 Å². The number of nitrogens with zero attached hydrogens (tertiary/aromatic N) is 5. The van der Waals surface area contributed by atoms with Gasteiger partial charge >= 0.3 is 0 Å². The molecule has 2 atom stereocenters. The number of benzene rings is 1. The van der Waals surface area contributed by atoms with Crippen molar-refractivity contribution in [3.05, 3.63) is 54.0 Å². The van der Waals surface area contributed by atoms with E-state index >= 15 is 0 Å². The van der Waals surface area contributed by atoms with Crippen LogP contribution in [-0.2, 0) is 13.0 Å². The highest BCUT2D eigenvalue weighted by Gasteiger charge is 2.42. The summed E-state index contributed by atoms with van der Waals surface area (Å²) in [5.41, 5.74) is 1.69. The van der Waals surface area contributed by atoms with Gasteiger partial charge in [0.25, 0.3) is 5.91 Å². The van der Waals surface area contributed by atoms with Crippen LogP contribution in [0.2, 0.25) is 0 Å². The van der Waals surface area contributed by atoms with Crippen molar-refractivity contribution in [2.24, 2.45) is 0 Å². The SMILES string of the molecule is Cc1ncoc1C(=O)N1[C@@H]2CC[C@H]1Cc1nnc(-c3ccccc3)n1C2. The molecule has 0 saturated carbocycles. The standard InChI is InChI=1S/C19H19N5O2/c1-12-17(26-11-20-12)19(25)24-14-7-8-15(24)10-23-16(9-14)21-22-18(23)13-5-3-2-4-6-13/h2-6,11,14-15H,7-10H2,1H3/t14-,15+/m0/s1. The lowest BCUT2D eigenvalue weighted by Gasteiger charge is -2.27. The summed E-state index contributed by atoms with van der Waals surface area (Å²) in [4.78, 5) is 19.1. The van der Waals surface area contributed by atoms with Gasteiger partial charge in [-0.25, -0.2) is 4.98 Å². The van der Waals surface area contributed by atoms with Crippen LogP contribution < -0.4 is 0 Å². The van der Waals surface area contributed by atoms with E-state index in [0.717, 1.165) is 36.5 Å². The Morgan fingerprint density at radius 1 is 1.15 bits per heavy atom. The zero-order chi connectivity index (χ0) is 17.7. The predicted octanol–water partition coefficient (Wildman–Crippen LogP) is 2.47. The summed E-state index contributed by atoms with van der Waals surface area (Å²) in [6.45, 7) is 2.51. The first-order chi connectivity index (χ1) is 12.7. The number of amides is 1. The number of aryl methyl sites for hydroxylation is 1. The van der Waals surface area contributed by atoms with Crippen molar-refractivity contribution >= 4 is 5.91 Å². The lowest BCUT2D eigenvalue weighted by atomic mass is 10.1. The number of carbonyl (C=O) groups excluding carboxylic acids is 1. The van der Waals surface area contributed by atoms with Gasteiger partial charge in [-0.05, 0) is 19.8 Å². The van der Waals surface area contributed by atoms with Gasteiger partial charge in [-0.15, -0.1) is 10.2 Å². The van der Waals surface area contributed by atoms with Crippen molar-refractivity contribution in [3.63, 3.8) is 0 Å². The average molecular weight is 349 g/mol. The van der Waals surface area contributed by atoms with Crippen LogP contribution >= 0.6 is 0 Å². The Kier molecular flexibility index (Phi) is 3.41. The highest BCUT2D eigenvalue weighted by Crippen LogP contribution is 2.34. The number of aromatic nitrogens is 4. The molecule has 4 heterocycles. The van der Waals surface area contributed by atoms with Gasteiger partial charge in [0, 0.05) is 24.6 Å². The molecule has 26 heavy (non-hydrogen) atoms. The van der Waals surface area contributed by atoms with E-state index in [0.29, 0.717) is 18.0 Å². The first-order valence-electron chi connectivity index (χ1n) is 8.92. The maximum Gasteiger partial charge on any atom is 0.292 e. The molecule has 1 amide bonds. The van der Waals surface area contributed by atoms with E-state index in [4.69, 9.17) is 4.42 Å². The zero-order valence-corrected chi connectivity index (χ0v) is 14.5. The lowest BCUT2D eigenvalue weighted by molar-refractivity contribution is 0.0632. The number of rotatable bonds is 2. The fourth-order valence-corrected chi connectivity index (χ4v) is 4.20. The fourth-order valence-electron chi connectivity index (χ4n) is 4.20. The third kappa shape index (κ3) is 2.27. The van der Waals surface area contributed by atoms with Crippen molar-refractivity contribution in [2.75, 3.05) is 0 Å². The minimum atomic E-state index is -0.0625. The van der Waals surface area contributed by atoms with E-state index in [2.05, 4.69) is 19.7 Å². The maximum atomic E-state index is 13.1. The molecule has 5 rings (SSSR count). The largest absolute Gasteiger partial charge is 0.438 e. The average Bonchev–Trinajstić information content (AvgIpc) is 3.32. The van der Waals surface area contributed by atoms with Crippen LogP contribution in [0.25, 0.3) is 11.4 Å². The number of oxazole rings is 1. The molecule has 7 heteroatoms. The molecule has 2 aliphatic heterocycles. The molecule has 1 saturated heterocycles. The second-order valence-corrected chi connectivity index (χ2v) is 6.98. The van der Waals surface area contributed by atoms with Crippen LogP contribution in [-0.4, -0.2) is 42.6 Å². The molecule has 0 aliphatic carbocycles. The molecule has 132 valence electrons. The summed E-state index contributed by atoms with van der Waals surface area (Å²) in [5, 5.41) is 8.85. The van der Waals surface area contributed by atoms with E-state index < -0.39 is 0 Å². The van der Waals surface area contributed by atoms with Crippen molar-refractivity contribution in [1.82, 2.24) is 24.6 Å². The molecule has 1 fully saturated rings. The molecule has 0 spiro atoms. The van der Waals surface area contributed by atoms with Gasteiger partial charge < -0.3 is 13.9 Å². The number of carbonyl (C=O) groups is 1. The Morgan fingerprint density at radius 3 is 2.73 bits per heavy atom. The molecular formula is C19H19N5O2. The summed E-state index contributed by atoms with van der Waals surface area (Å²) in [5.74, 6) is 2.11. The van der Waals surface area contributed by atoms with Crippen molar-refractivity contribution in [2.45, 2.75) is 44.8 Å². The molecule has 2 bridgehead atoms. The highest BCUT2D eigenvalue weighted by atomic mass is 16.3. The van der Waals surface area contributed by atoms with E-state index in [1.165, 1.54) is 6.39 Å². The summed E-state index contributed by atoms with van der Waals surface area (Å²) in [6, 6.07) is 10.3. The van der Waals surface area contributed by atoms with Gasteiger partial charge in [0.05, 0.1) is 11.7 Å². The number of fused-ring (bicyclic) bond motifs is 3. The topological polar surface area (TPSA) is 77.1 Å². The summed E-state index contributed by atoms with van der Waals surface area (Å²) < 4.78 is 7.53. The van der Waals surface area contributed by atoms with E-state index in [1.807, 2.05) is 35.2 Å². The lowest BCUT2D eigenvalue weighted by Crippen LogP contribution is -2.42. The Bertz CT molecular complexity index is 961. The zero-order valence-electron chi connectivity index (χ0n) is 14.5. The third-order valence-corrected chi connectivity index (χ3v) is 5.47. The van der Waals surface area contributed by atoms with Crippen LogP contribution in [0, 0.1) is 6.92 Å². The molecule has 0 radical (unpaired) electrons. The van der Waals surface area contributed by atoms with Crippen LogP contribution in [0.3, 0.4) is 0 Å². The molecule has 0 unspecified atom stereocenters. The maximum absolute atomic E-state index is 13.1. The summed E-state index contributed by atoms with van der Waals surface area (Å²) in [7, 11) is 0. The van der Waals surface area contributed by atoms with Gasteiger partial charge in [0.15, 0.2) is 12.2 Å². The second-order valence-electron chi connectivity index (χ2n) is 6.98. The Balaban J connectivity index is 1.51. The number of hydrogen-bond acceptors (Lipinski definition) is 5. The first-order valence-corrected chi connectivity index (χ1v) is 8.92. The van der Waals surface area contributed by atoms with Crippen molar-refractivity contribution < 1.29 is 9.21 Å². The van der Waals surface area contributed by atoms with E-state index in [9.17, 15) is 4.79 Å². The van der Waals surface area contributed by atoms with Gasteiger partial charge in [0.2, 0.25) is 5.76 Å². The molecule has 0 N–H and O–H groups in total. The number of hydrogen-bond donors (Lipinski definition) is 0. The normalized spacial score (nSPS) is 21.5.